The molecule has 0 radical (unpaired) electrons. The molecule has 1 aliphatic heterocycles. The summed E-state index contributed by atoms with van der Waals surface area (Å²) < 4.78 is 7.39. The quantitative estimate of drug-likeness (QED) is 0.566. The second kappa shape index (κ2) is 8.58. The number of hydrogen-bond acceptors (Lipinski definition) is 5. The van der Waals surface area contributed by atoms with E-state index in [-0.39, 0.29) is 11.2 Å². The van der Waals surface area contributed by atoms with Crippen molar-refractivity contribution in [2.24, 2.45) is 0 Å². The summed E-state index contributed by atoms with van der Waals surface area (Å²) in [5.74, 6) is 1.73. The van der Waals surface area contributed by atoms with Crippen LogP contribution in [-0.2, 0) is 11.3 Å². The van der Waals surface area contributed by atoms with Crippen LogP contribution in [0.25, 0.3) is 11.4 Å². The van der Waals surface area contributed by atoms with Crippen LogP contribution in [-0.4, -0.2) is 43.9 Å². The lowest BCUT2D eigenvalue weighted by molar-refractivity contribution is -0.130. The van der Waals surface area contributed by atoms with Gasteiger partial charge in [-0.1, -0.05) is 30.7 Å². The predicted molar refractivity (Wildman–Crippen MR) is 103 cm³/mol. The number of allylic oxidation sites excluding steroid dienone is 1. The average molecular weight is 375 g/mol. The Morgan fingerprint density at radius 1 is 1.35 bits per heavy atom. The fourth-order valence-electron chi connectivity index (χ4n) is 3.24. The van der Waals surface area contributed by atoms with Gasteiger partial charge < -0.3 is 9.32 Å². The summed E-state index contributed by atoms with van der Waals surface area (Å²) in [7, 11) is 0. The predicted octanol–water partition coefficient (Wildman–Crippen LogP) is 3.92. The van der Waals surface area contributed by atoms with Crippen molar-refractivity contribution < 1.29 is 9.21 Å². The summed E-state index contributed by atoms with van der Waals surface area (Å²) in [6, 6.07) is 1.89. The summed E-state index contributed by atoms with van der Waals surface area (Å²) in [4.78, 5) is 14.8. The van der Waals surface area contributed by atoms with E-state index in [2.05, 4.69) is 16.8 Å². The largest absolute Gasteiger partial charge is 0.469 e. The summed E-state index contributed by atoms with van der Waals surface area (Å²) in [5.41, 5.74) is 0.915. The van der Waals surface area contributed by atoms with Gasteiger partial charge in [-0.05, 0) is 32.8 Å². The maximum atomic E-state index is 12.8. The Morgan fingerprint density at radius 3 is 2.69 bits per heavy atom. The van der Waals surface area contributed by atoms with E-state index in [1.807, 2.05) is 35.5 Å². The van der Waals surface area contributed by atoms with Gasteiger partial charge in [-0.3, -0.25) is 9.36 Å². The van der Waals surface area contributed by atoms with E-state index in [1.165, 1.54) is 24.6 Å². The van der Waals surface area contributed by atoms with Crippen LogP contribution in [0.3, 0.4) is 0 Å². The molecule has 0 aromatic carbocycles. The first kappa shape index (κ1) is 18.8. The lowest BCUT2D eigenvalue weighted by Crippen LogP contribution is -2.37. The van der Waals surface area contributed by atoms with E-state index in [1.54, 1.807) is 6.26 Å². The van der Waals surface area contributed by atoms with E-state index in [0.29, 0.717) is 6.54 Å². The number of furan rings is 1. The Morgan fingerprint density at radius 2 is 2.08 bits per heavy atom. The first-order valence-corrected chi connectivity index (χ1v) is 10.0. The van der Waals surface area contributed by atoms with Crippen LogP contribution in [0.2, 0.25) is 0 Å². The van der Waals surface area contributed by atoms with Gasteiger partial charge in [0.2, 0.25) is 5.91 Å². The van der Waals surface area contributed by atoms with Crippen molar-refractivity contribution in [2.45, 2.75) is 56.5 Å². The fourth-order valence-corrected chi connectivity index (χ4v) is 4.18. The number of carbonyl (C=O) groups excluding carboxylic acids is 1. The third-order valence-electron chi connectivity index (χ3n) is 4.68. The molecule has 1 aliphatic rings. The normalized spacial score (nSPS) is 16.3. The number of aryl methyl sites for hydroxylation is 1. The average Bonchev–Trinajstić information content (AvgIpc) is 3.10. The highest BCUT2D eigenvalue weighted by atomic mass is 32.2. The summed E-state index contributed by atoms with van der Waals surface area (Å²) >= 11 is 1.46. The molecule has 7 heteroatoms. The smallest absolute Gasteiger partial charge is 0.235 e. The molecule has 0 spiro atoms. The highest BCUT2D eigenvalue weighted by Crippen LogP contribution is 2.30. The first-order valence-electron chi connectivity index (χ1n) is 9.16. The number of rotatable bonds is 6. The maximum Gasteiger partial charge on any atom is 0.235 e. The minimum absolute atomic E-state index is 0.186. The number of nitrogens with zero attached hydrogens (tertiary/aromatic N) is 4. The van der Waals surface area contributed by atoms with Crippen molar-refractivity contribution in [1.29, 1.82) is 0 Å². The van der Waals surface area contributed by atoms with Crippen LogP contribution in [0, 0.1) is 6.92 Å². The van der Waals surface area contributed by atoms with E-state index < -0.39 is 0 Å². The van der Waals surface area contributed by atoms with E-state index in [4.69, 9.17) is 4.42 Å². The highest BCUT2D eigenvalue weighted by molar-refractivity contribution is 8.00. The van der Waals surface area contributed by atoms with Crippen LogP contribution >= 0.6 is 11.8 Å². The Kier molecular flexibility index (Phi) is 6.19. The first-order chi connectivity index (χ1) is 12.6. The molecule has 0 bridgehead atoms. The van der Waals surface area contributed by atoms with Crippen molar-refractivity contribution >= 4 is 17.7 Å². The molecule has 1 amide bonds. The number of aromatic nitrogens is 3. The standard InChI is InChI=1S/C19H26N4O2S/c1-4-10-23-17(16-9-13-25-14(16)2)20-21-19(23)26-15(3)18(24)22-11-7-5-6-8-12-22/h4,9,13,15H,1,5-8,10-12H2,2-3H3. The van der Waals surface area contributed by atoms with Gasteiger partial charge >= 0.3 is 0 Å². The van der Waals surface area contributed by atoms with E-state index in [9.17, 15) is 4.79 Å². The lowest BCUT2D eigenvalue weighted by atomic mass is 10.2. The molecule has 26 heavy (non-hydrogen) atoms. The lowest BCUT2D eigenvalue weighted by Gasteiger charge is -2.23. The number of hydrogen-bond donors (Lipinski definition) is 0. The van der Waals surface area contributed by atoms with Gasteiger partial charge in [0.1, 0.15) is 5.76 Å². The van der Waals surface area contributed by atoms with Gasteiger partial charge in [-0.2, -0.15) is 0 Å². The van der Waals surface area contributed by atoms with Crippen molar-refractivity contribution in [3.8, 4) is 11.4 Å². The summed E-state index contributed by atoms with van der Waals surface area (Å²) in [6.07, 6.45) is 8.08. The molecule has 2 aromatic heterocycles. The van der Waals surface area contributed by atoms with Crippen LogP contribution in [0.5, 0.6) is 0 Å². The van der Waals surface area contributed by atoms with Gasteiger partial charge in [0.15, 0.2) is 11.0 Å². The zero-order chi connectivity index (χ0) is 18.5. The van der Waals surface area contributed by atoms with Gasteiger partial charge in [0.05, 0.1) is 17.1 Å². The van der Waals surface area contributed by atoms with Gasteiger partial charge in [-0.25, -0.2) is 0 Å². The third-order valence-corrected chi connectivity index (χ3v) is 5.74. The zero-order valence-electron chi connectivity index (χ0n) is 15.5. The van der Waals surface area contributed by atoms with Gasteiger partial charge in [-0.15, -0.1) is 16.8 Å². The van der Waals surface area contributed by atoms with E-state index in [0.717, 1.165) is 48.2 Å². The van der Waals surface area contributed by atoms with Gasteiger partial charge in [0.25, 0.3) is 0 Å². The summed E-state index contributed by atoms with van der Waals surface area (Å²) in [6.45, 7) is 10.0. The maximum absolute atomic E-state index is 12.8. The summed E-state index contributed by atoms with van der Waals surface area (Å²) in [5, 5.41) is 9.21. The van der Waals surface area contributed by atoms with Crippen LogP contribution < -0.4 is 0 Å². The molecule has 1 unspecified atom stereocenters. The van der Waals surface area contributed by atoms with Crippen LogP contribution in [0.4, 0.5) is 0 Å². The Labute approximate surface area is 158 Å². The molecular formula is C19H26N4O2S. The number of carbonyl (C=O) groups is 1. The van der Waals surface area contributed by atoms with Gasteiger partial charge in [0, 0.05) is 19.6 Å². The minimum Gasteiger partial charge on any atom is -0.469 e. The van der Waals surface area contributed by atoms with Crippen molar-refractivity contribution in [1.82, 2.24) is 19.7 Å². The SMILES string of the molecule is C=CCn1c(SC(C)C(=O)N2CCCCCC2)nnc1-c1ccoc1C. The van der Waals surface area contributed by atoms with E-state index >= 15 is 0 Å². The van der Waals surface area contributed by atoms with Crippen molar-refractivity contribution in [2.75, 3.05) is 13.1 Å². The second-order valence-corrected chi connectivity index (χ2v) is 7.90. The third kappa shape index (κ3) is 4.03. The molecule has 2 aromatic rings. The molecule has 0 saturated carbocycles. The van der Waals surface area contributed by atoms with Crippen LogP contribution in [0.15, 0.2) is 34.6 Å². The second-order valence-electron chi connectivity index (χ2n) is 6.60. The number of likely N-dealkylation sites (tertiary alicyclic amines) is 1. The van der Waals surface area contributed by atoms with Crippen molar-refractivity contribution in [3.05, 3.63) is 30.7 Å². The fraction of sp³-hybridized carbons (Fsp3) is 0.526. The Hall–Kier alpha value is -2.02. The molecule has 1 saturated heterocycles. The number of thioether (sulfide) groups is 1. The monoisotopic (exact) mass is 374 g/mol. The Bertz CT molecular complexity index is 759. The topological polar surface area (TPSA) is 64.2 Å². The molecule has 3 heterocycles. The molecule has 1 fully saturated rings. The molecular weight excluding hydrogens is 348 g/mol. The zero-order valence-corrected chi connectivity index (χ0v) is 16.3. The molecule has 1 atom stereocenters. The highest BCUT2D eigenvalue weighted by Gasteiger charge is 2.25. The molecule has 3 rings (SSSR count). The molecule has 0 aliphatic carbocycles. The Balaban J connectivity index is 1.78. The molecule has 140 valence electrons. The van der Waals surface area contributed by atoms with Crippen molar-refractivity contribution in [3.63, 3.8) is 0 Å². The minimum atomic E-state index is -0.195. The molecule has 6 nitrogen and oxygen atoms in total. The number of amides is 1. The molecule has 0 N–H and O–H groups in total. The van der Waals surface area contributed by atoms with Crippen LogP contribution in [0.1, 0.15) is 38.4 Å².